The zero-order valence-electron chi connectivity index (χ0n) is 6.93. The molecule has 0 aromatic heterocycles. The molecule has 11 heavy (non-hydrogen) atoms. The van der Waals surface area contributed by atoms with E-state index in [-0.39, 0.29) is 11.9 Å². The summed E-state index contributed by atoms with van der Waals surface area (Å²) in [4.78, 5) is 10.9. The van der Waals surface area contributed by atoms with Gasteiger partial charge in [0.2, 0.25) is 5.91 Å². The Bertz CT molecular complexity index is 136. The third-order valence-electron chi connectivity index (χ3n) is 1.84. The first-order valence-electron chi connectivity index (χ1n) is 4.20. The van der Waals surface area contributed by atoms with Gasteiger partial charge in [-0.25, -0.2) is 0 Å². The standard InChI is InChI=1S/C8H15NO2/c1-2-11-6-7-4-3-5-8(10)9-7/h7H,2-6H2,1H3,(H,9,10). The highest BCUT2D eigenvalue weighted by Gasteiger charge is 2.17. The first-order valence-corrected chi connectivity index (χ1v) is 4.20. The van der Waals surface area contributed by atoms with Gasteiger partial charge in [-0.2, -0.15) is 0 Å². The molecular weight excluding hydrogens is 142 g/mol. The molecule has 0 radical (unpaired) electrons. The van der Waals surface area contributed by atoms with Gasteiger partial charge in [-0.3, -0.25) is 4.79 Å². The molecule has 1 saturated heterocycles. The van der Waals surface area contributed by atoms with E-state index < -0.39 is 0 Å². The summed E-state index contributed by atoms with van der Waals surface area (Å²) in [6, 6.07) is 0.260. The lowest BCUT2D eigenvalue weighted by Gasteiger charge is -2.22. The van der Waals surface area contributed by atoms with Crippen LogP contribution < -0.4 is 5.32 Å². The third kappa shape index (κ3) is 2.89. The van der Waals surface area contributed by atoms with Crippen LogP contribution in [0.4, 0.5) is 0 Å². The van der Waals surface area contributed by atoms with E-state index >= 15 is 0 Å². The maximum absolute atomic E-state index is 10.9. The van der Waals surface area contributed by atoms with Gasteiger partial charge in [0.05, 0.1) is 12.6 Å². The number of carbonyl (C=O) groups is 1. The summed E-state index contributed by atoms with van der Waals surface area (Å²) < 4.78 is 5.21. The molecule has 0 spiro atoms. The van der Waals surface area contributed by atoms with Gasteiger partial charge in [0, 0.05) is 13.0 Å². The van der Waals surface area contributed by atoms with Crippen molar-refractivity contribution in [3.8, 4) is 0 Å². The summed E-state index contributed by atoms with van der Waals surface area (Å²) in [6.45, 7) is 3.36. The van der Waals surface area contributed by atoms with E-state index in [1.807, 2.05) is 6.92 Å². The number of rotatable bonds is 3. The van der Waals surface area contributed by atoms with Crippen LogP contribution in [0.5, 0.6) is 0 Å². The minimum Gasteiger partial charge on any atom is -0.380 e. The quantitative estimate of drug-likeness (QED) is 0.654. The molecule has 1 aliphatic heterocycles. The molecule has 3 nitrogen and oxygen atoms in total. The topological polar surface area (TPSA) is 38.3 Å². The molecular formula is C8H15NO2. The monoisotopic (exact) mass is 157 g/mol. The lowest BCUT2D eigenvalue weighted by atomic mass is 10.1. The van der Waals surface area contributed by atoms with E-state index in [4.69, 9.17) is 4.74 Å². The molecule has 0 saturated carbocycles. The Morgan fingerprint density at radius 2 is 2.55 bits per heavy atom. The van der Waals surface area contributed by atoms with Crippen molar-refractivity contribution < 1.29 is 9.53 Å². The van der Waals surface area contributed by atoms with Crippen LogP contribution >= 0.6 is 0 Å². The lowest BCUT2D eigenvalue weighted by Crippen LogP contribution is -2.41. The van der Waals surface area contributed by atoms with Crippen molar-refractivity contribution >= 4 is 5.91 Å². The van der Waals surface area contributed by atoms with Gasteiger partial charge < -0.3 is 10.1 Å². The Labute approximate surface area is 67.1 Å². The van der Waals surface area contributed by atoms with Gasteiger partial charge in [-0.1, -0.05) is 0 Å². The number of carbonyl (C=O) groups excluding carboxylic acids is 1. The first kappa shape index (κ1) is 8.53. The number of piperidine rings is 1. The van der Waals surface area contributed by atoms with E-state index in [2.05, 4.69) is 5.32 Å². The maximum atomic E-state index is 10.9. The van der Waals surface area contributed by atoms with Gasteiger partial charge in [-0.05, 0) is 19.8 Å². The smallest absolute Gasteiger partial charge is 0.220 e. The van der Waals surface area contributed by atoms with Gasteiger partial charge in [-0.15, -0.1) is 0 Å². The highest BCUT2D eigenvalue weighted by Crippen LogP contribution is 2.07. The fourth-order valence-corrected chi connectivity index (χ4v) is 1.27. The van der Waals surface area contributed by atoms with E-state index in [1.54, 1.807) is 0 Å². The second kappa shape index (κ2) is 4.34. The van der Waals surface area contributed by atoms with Crippen molar-refractivity contribution in [2.45, 2.75) is 32.2 Å². The maximum Gasteiger partial charge on any atom is 0.220 e. The van der Waals surface area contributed by atoms with Crippen molar-refractivity contribution in [3.05, 3.63) is 0 Å². The van der Waals surface area contributed by atoms with Crippen LogP contribution in [-0.4, -0.2) is 25.2 Å². The Balaban J connectivity index is 2.17. The molecule has 0 aromatic carbocycles. The van der Waals surface area contributed by atoms with Crippen molar-refractivity contribution in [2.75, 3.05) is 13.2 Å². The van der Waals surface area contributed by atoms with Crippen LogP contribution in [0.3, 0.4) is 0 Å². The Morgan fingerprint density at radius 3 is 3.18 bits per heavy atom. The minimum atomic E-state index is 0.168. The predicted octanol–water partition coefficient (Wildman–Crippen LogP) is 0.692. The molecule has 1 fully saturated rings. The summed E-state index contributed by atoms with van der Waals surface area (Å²) in [5, 5.41) is 2.89. The number of hydrogen-bond donors (Lipinski definition) is 1. The highest BCUT2D eigenvalue weighted by atomic mass is 16.5. The van der Waals surface area contributed by atoms with E-state index in [0.29, 0.717) is 13.0 Å². The van der Waals surface area contributed by atoms with Gasteiger partial charge in [0.1, 0.15) is 0 Å². The van der Waals surface area contributed by atoms with Gasteiger partial charge >= 0.3 is 0 Å². The Morgan fingerprint density at radius 1 is 1.73 bits per heavy atom. The second-order valence-corrected chi connectivity index (χ2v) is 2.82. The Kier molecular flexibility index (Phi) is 3.36. The molecule has 1 rings (SSSR count). The summed E-state index contributed by atoms with van der Waals surface area (Å²) >= 11 is 0. The van der Waals surface area contributed by atoms with Crippen LogP contribution in [0.1, 0.15) is 26.2 Å². The summed E-state index contributed by atoms with van der Waals surface area (Å²) in [5.74, 6) is 0.168. The molecule has 1 N–H and O–H groups in total. The zero-order chi connectivity index (χ0) is 8.10. The zero-order valence-corrected chi connectivity index (χ0v) is 6.93. The summed E-state index contributed by atoms with van der Waals surface area (Å²) in [5.41, 5.74) is 0. The molecule has 3 heteroatoms. The summed E-state index contributed by atoms with van der Waals surface area (Å²) in [6.07, 6.45) is 2.75. The molecule has 1 unspecified atom stereocenters. The molecule has 64 valence electrons. The van der Waals surface area contributed by atoms with Gasteiger partial charge in [0.15, 0.2) is 0 Å². The number of hydrogen-bond acceptors (Lipinski definition) is 2. The highest BCUT2D eigenvalue weighted by molar-refractivity contribution is 5.76. The van der Waals surface area contributed by atoms with E-state index in [1.165, 1.54) is 0 Å². The van der Waals surface area contributed by atoms with Crippen LogP contribution in [-0.2, 0) is 9.53 Å². The lowest BCUT2D eigenvalue weighted by molar-refractivity contribution is -0.123. The van der Waals surface area contributed by atoms with Crippen LogP contribution in [0, 0.1) is 0 Å². The Hall–Kier alpha value is -0.570. The molecule has 0 aromatic rings. The van der Waals surface area contributed by atoms with E-state index in [0.717, 1.165) is 19.4 Å². The molecule has 0 aliphatic carbocycles. The SMILES string of the molecule is CCOCC1CCCC(=O)N1. The normalized spacial score (nSPS) is 24.8. The predicted molar refractivity (Wildman–Crippen MR) is 42.3 cm³/mol. The van der Waals surface area contributed by atoms with Gasteiger partial charge in [0.25, 0.3) is 0 Å². The van der Waals surface area contributed by atoms with Crippen molar-refractivity contribution in [1.29, 1.82) is 0 Å². The van der Waals surface area contributed by atoms with Crippen LogP contribution in [0.2, 0.25) is 0 Å². The summed E-state index contributed by atoms with van der Waals surface area (Å²) in [7, 11) is 0. The number of nitrogens with one attached hydrogen (secondary N) is 1. The molecule has 1 aliphatic rings. The van der Waals surface area contributed by atoms with Crippen molar-refractivity contribution in [3.63, 3.8) is 0 Å². The average molecular weight is 157 g/mol. The molecule has 1 atom stereocenters. The largest absolute Gasteiger partial charge is 0.380 e. The third-order valence-corrected chi connectivity index (χ3v) is 1.84. The van der Waals surface area contributed by atoms with Crippen molar-refractivity contribution in [1.82, 2.24) is 5.32 Å². The van der Waals surface area contributed by atoms with Crippen LogP contribution in [0.15, 0.2) is 0 Å². The minimum absolute atomic E-state index is 0.168. The molecule has 1 amide bonds. The van der Waals surface area contributed by atoms with E-state index in [9.17, 15) is 4.79 Å². The number of ether oxygens (including phenoxy) is 1. The van der Waals surface area contributed by atoms with Crippen LogP contribution in [0.25, 0.3) is 0 Å². The van der Waals surface area contributed by atoms with Crippen molar-refractivity contribution in [2.24, 2.45) is 0 Å². The molecule has 1 heterocycles. The second-order valence-electron chi connectivity index (χ2n) is 2.82. The average Bonchev–Trinajstić information content (AvgIpc) is 2.01. The number of amides is 1. The molecule has 0 bridgehead atoms. The fourth-order valence-electron chi connectivity index (χ4n) is 1.27. The first-order chi connectivity index (χ1) is 5.33. The fraction of sp³-hybridized carbons (Fsp3) is 0.875.